The molecule has 1 amide bonds. The summed E-state index contributed by atoms with van der Waals surface area (Å²) >= 11 is 13.5. The van der Waals surface area contributed by atoms with Crippen LogP contribution in [0, 0.1) is 6.92 Å². The molecule has 0 saturated heterocycles. The summed E-state index contributed by atoms with van der Waals surface area (Å²) in [5, 5.41) is 18.1. The standard InChI is InChI=1S/C16H15Cl2N3O2S/c1-9-12-7-14(15(23)19-4-5-22)24-16(12)21(20-9)8-10-2-3-11(17)6-13(10)18/h2-3,6-7,22H,4-5,8H2,1H3,(H,19,23). The van der Waals surface area contributed by atoms with Gasteiger partial charge in [-0.1, -0.05) is 29.3 Å². The van der Waals surface area contributed by atoms with E-state index in [0.717, 1.165) is 21.5 Å². The number of halogens is 2. The first kappa shape index (κ1) is 17.2. The highest BCUT2D eigenvalue weighted by atomic mass is 35.5. The normalized spacial score (nSPS) is 11.2. The fourth-order valence-electron chi connectivity index (χ4n) is 2.40. The molecule has 2 heterocycles. The smallest absolute Gasteiger partial charge is 0.261 e. The molecule has 3 rings (SSSR count). The van der Waals surface area contributed by atoms with Crippen molar-refractivity contribution in [3.05, 3.63) is 50.4 Å². The zero-order valence-corrected chi connectivity index (χ0v) is 15.2. The lowest BCUT2D eigenvalue weighted by molar-refractivity contribution is 0.0949. The zero-order valence-electron chi connectivity index (χ0n) is 12.8. The molecular weight excluding hydrogens is 369 g/mol. The Morgan fingerprint density at radius 3 is 2.88 bits per heavy atom. The summed E-state index contributed by atoms with van der Waals surface area (Å²) in [4.78, 5) is 13.6. The molecule has 0 aliphatic heterocycles. The summed E-state index contributed by atoms with van der Waals surface area (Å²) in [7, 11) is 0. The first-order chi connectivity index (χ1) is 11.5. The molecule has 2 aromatic heterocycles. The van der Waals surface area contributed by atoms with Gasteiger partial charge in [-0.05, 0) is 30.7 Å². The number of aromatic nitrogens is 2. The van der Waals surface area contributed by atoms with Gasteiger partial charge in [0.25, 0.3) is 5.91 Å². The van der Waals surface area contributed by atoms with Crippen molar-refractivity contribution in [2.24, 2.45) is 0 Å². The van der Waals surface area contributed by atoms with Crippen LogP contribution in [0.5, 0.6) is 0 Å². The third-order valence-electron chi connectivity index (χ3n) is 3.56. The van der Waals surface area contributed by atoms with Crippen molar-refractivity contribution in [2.75, 3.05) is 13.2 Å². The Labute approximate surface area is 152 Å². The van der Waals surface area contributed by atoms with E-state index in [2.05, 4.69) is 10.4 Å². The molecular formula is C16H15Cl2N3O2S. The molecule has 0 saturated carbocycles. The van der Waals surface area contributed by atoms with Crippen LogP contribution in [0.1, 0.15) is 20.9 Å². The fourth-order valence-corrected chi connectivity index (χ4v) is 3.95. The summed E-state index contributed by atoms with van der Waals surface area (Å²) < 4.78 is 1.84. The molecule has 0 radical (unpaired) electrons. The van der Waals surface area contributed by atoms with E-state index in [-0.39, 0.29) is 19.1 Å². The number of fused-ring (bicyclic) bond motifs is 1. The highest BCUT2D eigenvalue weighted by molar-refractivity contribution is 7.20. The number of nitrogens with one attached hydrogen (secondary N) is 1. The molecule has 5 nitrogen and oxygen atoms in total. The molecule has 2 N–H and O–H groups in total. The predicted octanol–water partition coefficient (Wildman–Crippen LogP) is 3.48. The number of hydrogen-bond acceptors (Lipinski definition) is 4. The summed E-state index contributed by atoms with van der Waals surface area (Å²) in [5.74, 6) is -0.194. The molecule has 0 fully saturated rings. The Morgan fingerprint density at radius 1 is 1.38 bits per heavy atom. The monoisotopic (exact) mass is 383 g/mol. The van der Waals surface area contributed by atoms with Crippen LogP contribution in [-0.2, 0) is 6.54 Å². The van der Waals surface area contributed by atoms with Gasteiger partial charge in [0.1, 0.15) is 4.83 Å². The molecule has 1 aromatic carbocycles. The predicted molar refractivity (Wildman–Crippen MR) is 97.3 cm³/mol. The van der Waals surface area contributed by atoms with Crippen molar-refractivity contribution in [3.8, 4) is 0 Å². The summed E-state index contributed by atoms with van der Waals surface area (Å²) in [6.07, 6.45) is 0. The number of hydrogen-bond donors (Lipinski definition) is 2. The fraction of sp³-hybridized carbons (Fsp3) is 0.250. The number of thiophene rings is 1. The molecule has 0 spiro atoms. The van der Waals surface area contributed by atoms with E-state index in [1.54, 1.807) is 12.1 Å². The summed E-state index contributed by atoms with van der Waals surface area (Å²) in [6, 6.07) is 7.19. The van der Waals surface area contributed by atoms with Crippen molar-refractivity contribution < 1.29 is 9.90 Å². The molecule has 0 aliphatic carbocycles. The number of aliphatic hydroxyl groups is 1. The minimum absolute atomic E-state index is 0.0848. The number of aryl methyl sites for hydroxylation is 1. The van der Waals surface area contributed by atoms with Gasteiger partial charge in [0.05, 0.1) is 23.7 Å². The van der Waals surface area contributed by atoms with E-state index >= 15 is 0 Å². The molecule has 126 valence electrons. The van der Waals surface area contributed by atoms with Crippen molar-refractivity contribution in [1.82, 2.24) is 15.1 Å². The number of benzene rings is 1. The van der Waals surface area contributed by atoms with Gasteiger partial charge >= 0.3 is 0 Å². The van der Waals surface area contributed by atoms with Crippen LogP contribution < -0.4 is 5.32 Å². The van der Waals surface area contributed by atoms with Crippen LogP contribution in [0.3, 0.4) is 0 Å². The van der Waals surface area contributed by atoms with E-state index in [9.17, 15) is 4.79 Å². The number of aliphatic hydroxyl groups excluding tert-OH is 1. The maximum Gasteiger partial charge on any atom is 0.261 e. The van der Waals surface area contributed by atoms with Crippen molar-refractivity contribution in [1.29, 1.82) is 0 Å². The minimum atomic E-state index is -0.194. The number of amides is 1. The van der Waals surface area contributed by atoms with Crippen LogP contribution >= 0.6 is 34.5 Å². The number of rotatable bonds is 5. The molecule has 8 heteroatoms. The molecule has 0 bridgehead atoms. The summed E-state index contributed by atoms with van der Waals surface area (Å²) in [6.45, 7) is 2.56. The van der Waals surface area contributed by atoms with Crippen LogP contribution in [0.4, 0.5) is 0 Å². The lowest BCUT2D eigenvalue weighted by atomic mass is 10.2. The Bertz CT molecular complexity index is 904. The zero-order chi connectivity index (χ0) is 17.3. The second kappa shape index (κ2) is 7.11. The molecule has 0 unspecified atom stereocenters. The maximum atomic E-state index is 12.1. The van der Waals surface area contributed by atoms with Crippen LogP contribution in [0.25, 0.3) is 10.2 Å². The van der Waals surface area contributed by atoms with Crippen molar-refractivity contribution in [3.63, 3.8) is 0 Å². The molecule has 0 atom stereocenters. The Hall–Kier alpha value is -1.60. The van der Waals surface area contributed by atoms with Crippen LogP contribution in [0.15, 0.2) is 24.3 Å². The Balaban J connectivity index is 1.93. The van der Waals surface area contributed by atoms with Gasteiger partial charge in [0.15, 0.2) is 0 Å². The SMILES string of the molecule is Cc1nn(Cc2ccc(Cl)cc2Cl)c2sc(C(=O)NCCO)cc12. The van der Waals surface area contributed by atoms with E-state index in [0.29, 0.717) is 21.5 Å². The van der Waals surface area contributed by atoms with E-state index < -0.39 is 0 Å². The number of carbonyl (C=O) groups excluding carboxylic acids is 1. The highest BCUT2D eigenvalue weighted by Gasteiger charge is 2.16. The molecule has 0 aliphatic rings. The van der Waals surface area contributed by atoms with Crippen LogP contribution in [-0.4, -0.2) is 33.9 Å². The van der Waals surface area contributed by atoms with Gasteiger partial charge in [-0.2, -0.15) is 5.10 Å². The largest absolute Gasteiger partial charge is 0.395 e. The quantitative estimate of drug-likeness (QED) is 0.708. The summed E-state index contributed by atoms with van der Waals surface area (Å²) in [5.41, 5.74) is 1.76. The first-order valence-corrected chi connectivity index (χ1v) is 8.86. The third kappa shape index (κ3) is 3.42. The van der Waals surface area contributed by atoms with Gasteiger partial charge in [0.2, 0.25) is 0 Å². The minimum Gasteiger partial charge on any atom is -0.395 e. The Kier molecular flexibility index (Phi) is 5.10. The number of nitrogens with zero attached hydrogens (tertiary/aromatic N) is 2. The third-order valence-corrected chi connectivity index (χ3v) is 5.30. The number of carbonyl (C=O) groups is 1. The molecule has 3 aromatic rings. The highest BCUT2D eigenvalue weighted by Crippen LogP contribution is 2.30. The van der Waals surface area contributed by atoms with E-state index in [4.69, 9.17) is 28.3 Å². The van der Waals surface area contributed by atoms with E-state index in [1.807, 2.05) is 23.7 Å². The topological polar surface area (TPSA) is 67.2 Å². The van der Waals surface area contributed by atoms with Gasteiger partial charge in [-0.15, -0.1) is 11.3 Å². The van der Waals surface area contributed by atoms with Gasteiger partial charge in [-0.3, -0.25) is 9.48 Å². The van der Waals surface area contributed by atoms with Gasteiger partial charge in [-0.25, -0.2) is 0 Å². The second-order valence-corrected chi connectivity index (χ2v) is 7.16. The Morgan fingerprint density at radius 2 is 2.17 bits per heavy atom. The average Bonchev–Trinajstić information content (AvgIpc) is 3.09. The van der Waals surface area contributed by atoms with Crippen molar-refractivity contribution in [2.45, 2.75) is 13.5 Å². The van der Waals surface area contributed by atoms with Gasteiger partial charge < -0.3 is 10.4 Å². The molecule has 24 heavy (non-hydrogen) atoms. The first-order valence-electron chi connectivity index (χ1n) is 7.29. The van der Waals surface area contributed by atoms with Crippen molar-refractivity contribution >= 4 is 50.7 Å². The maximum absolute atomic E-state index is 12.1. The average molecular weight is 384 g/mol. The lowest BCUT2D eigenvalue weighted by Gasteiger charge is -2.06. The van der Waals surface area contributed by atoms with Crippen LogP contribution in [0.2, 0.25) is 10.0 Å². The van der Waals surface area contributed by atoms with Gasteiger partial charge in [0, 0.05) is 22.0 Å². The van der Waals surface area contributed by atoms with E-state index in [1.165, 1.54) is 11.3 Å². The second-order valence-electron chi connectivity index (χ2n) is 5.29. The lowest BCUT2D eigenvalue weighted by Crippen LogP contribution is -2.25.